The molecule has 3 heteroatoms. The van der Waals surface area contributed by atoms with Crippen molar-refractivity contribution in [3.63, 3.8) is 0 Å². The molecular weight excluding hydrogens is 294 g/mol. The predicted octanol–water partition coefficient (Wildman–Crippen LogP) is 3.65. The molecule has 68 valence electrons. The van der Waals surface area contributed by atoms with Gasteiger partial charge in [-0.25, -0.2) is 0 Å². The Labute approximate surface area is 95.0 Å². The summed E-state index contributed by atoms with van der Waals surface area (Å²) in [6.07, 6.45) is 2.01. The molecule has 0 fully saturated rings. The number of nitrogens with zero attached hydrogens (tertiary/aromatic N) is 1. The molecule has 0 radical (unpaired) electrons. The SMILES string of the molecule is N#Cc1c(Br)cccc1CCCBr. The molecular formula is C10H9Br2N. The van der Waals surface area contributed by atoms with Crippen LogP contribution in [0.5, 0.6) is 0 Å². The molecule has 0 saturated heterocycles. The van der Waals surface area contributed by atoms with Crippen LogP contribution in [0.25, 0.3) is 0 Å². The van der Waals surface area contributed by atoms with Crippen LogP contribution in [0.1, 0.15) is 17.5 Å². The standard InChI is InChI=1S/C10H9Br2N/c11-6-2-4-8-3-1-5-10(12)9(8)7-13/h1,3,5H,2,4,6H2. The van der Waals surface area contributed by atoms with Gasteiger partial charge in [-0.2, -0.15) is 5.26 Å². The Kier molecular flexibility index (Phi) is 4.47. The lowest BCUT2D eigenvalue weighted by Gasteiger charge is -2.03. The molecule has 0 unspecified atom stereocenters. The highest BCUT2D eigenvalue weighted by Gasteiger charge is 2.04. The van der Waals surface area contributed by atoms with E-state index in [9.17, 15) is 0 Å². The highest BCUT2D eigenvalue weighted by molar-refractivity contribution is 9.10. The molecule has 1 nitrogen and oxygen atoms in total. The summed E-state index contributed by atoms with van der Waals surface area (Å²) in [6, 6.07) is 8.08. The van der Waals surface area contributed by atoms with E-state index in [-0.39, 0.29) is 0 Å². The lowest BCUT2D eigenvalue weighted by atomic mass is 10.0. The molecule has 0 N–H and O–H groups in total. The zero-order valence-electron chi connectivity index (χ0n) is 7.06. The lowest BCUT2D eigenvalue weighted by molar-refractivity contribution is 0.934. The molecule has 1 aromatic carbocycles. The van der Waals surface area contributed by atoms with E-state index in [0.29, 0.717) is 0 Å². The van der Waals surface area contributed by atoms with Crippen molar-refractivity contribution in [3.05, 3.63) is 33.8 Å². The molecule has 0 amide bonds. The summed E-state index contributed by atoms with van der Waals surface area (Å²) in [6.45, 7) is 0. The van der Waals surface area contributed by atoms with E-state index in [1.165, 1.54) is 0 Å². The fourth-order valence-electron chi connectivity index (χ4n) is 1.16. The Balaban J connectivity index is 2.93. The van der Waals surface area contributed by atoms with E-state index in [2.05, 4.69) is 37.9 Å². The summed E-state index contributed by atoms with van der Waals surface area (Å²) in [5.41, 5.74) is 1.89. The Bertz CT molecular complexity index is 328. The number of halogens is 2. The largest absolute Gasteiger partial charge is 0.192 e. The van der Waals surface area contributed by atoms with Gasteiger partial charge in [-0.3, -0.25) is 0 Å². The monoisotopic (exact) mass is 301 g/mol. The van der Waals surface area contributed by atoms with E-state index in [1.807, 2.05) is 18.2 Å². The van der Waals surface area contributed by atoms with E-state index >= 15 is 0 Å². The lowest BCUT2D eigenvalue weighted by Crippen LogP contribution is -1.91. The fraction of sp³-hybridized carbons (Fsp3) is 0.300. The first-order valence-electron chi connectivity index (χ1n) is 4.03. The normalized spacial score (nSPS) is 9.62. The van der Waals surface area contributed by atoms with Crippen LogP contribution in [0.4, 0.5) is 0 Å². The molecule has 0 aliphatic rings. The maximum atomic E-state index is 8.91. The summed E-state index contributed by atoms with van der Waals surface area (Å²) in [5.74, 6) is 0. The van der Waals surface area contributed by atoms with E-state index in [1.54, 1.807) is 0 Å². The highest BCUT2D eigenvalue weighted by Crippen LogP contribution is 2.20. The summed E-state index contributed by atoms with van der Waals surface area (Å²) >= 11 is 6.74. The number of nitriles is 1. The van der Waals surface area contributed by atoms with Gasteiger partial charge in [0.05, 0.1) is 5.56 Å². The Morgan fingerprint density at radius 2 is 2.15 bits per heavy atom. The second kappa shape index (κ2) is 5.41. The van der Waals surface area contributed by atoms with Crippen molar-refractivity contribution in [2.75, 3.05) is 5.33 Å². The van der Waals surface area contributed by atoms with Crippen molar-refractivity contribution >= 4 is 31.9 Å². The smallest absolute Gasteiger partial charge is 0.101 e. The number of hydrogen-bond acceptors (Lipinski definition) is 1. The molecule has 0 bridgehead atoms. The minimum atomic E-state index is 0.767. The van der Waals surface area contributed by atoms with E-state index in [4.69, 9.17) is 5.26 Å². The second-order valence-corrected chi connectivity index (χ2v) is 4.33. The van der Waals surface area contributed by atoms with Crippen LogP contribution in [0.15, 0.2) is 22.7 Å². The number of hydrogen-bond donors (Lipinski definition) is 0. The average Bonchev–Trinajstić information content (AvgIpc) is 2.15. The number of rotatable bonds is 3. The summed E-state index contributed by atoms with van der Waals surface area (Å²) < 4.78 is 0.891. The molecule has 1 aromatic rings. The van der Waals surface area contributed by atoms with Crippen LogP contribution in [-0.4, -0.2) is 5.33 Å². The Morgan fingerprint density at radius 1 is 1.38 bits per heavy atom. The number of benzene rings is 1. The van der Waals surface area contributed by atoms with Crippen molar-refractivity contribution in [2.24, 2.45) is 0 Å². The maximum absolute atomic E-state index is 8.91. The van der Waals surface area contributed by atoms with Crippen molar-refractivity contribution < 1.29 is 0 Å². The van der Waals surface area contributed by atoms with Gasteiger partial charge in [-0.15, -0.1) is 0 Å². The van der Waals surface area contributed by atoms with Crippen molar-refractivity contribution in [1.82, 2.24) is 0 Å². The van der Waals surface area contributed by atoms with Crippen molar-refractivity contribution in [1.29, 1.82) is 5.26 Å². The molecule has 0 aromatic heterocycles. The minimum absolute atomic E-state index is 0.767. The summed E-state index contributed by atoms with van der Waals surface area (Å²) in [4.78, 5) is 0. The summed E-state index contributed by atoms with van der Waals surface area (Å²) in [7, 11) is 0. The zero-order valence-corrected chi connectivity index (χ0v) is 10.2. The quantitative estimate of drug-likeness (QED) is 0.782. The first-order valence-corrected chi connectivity index (χ1v) is 5.94. The number of aryl methyl sites for hydroxylation is 1. The molecule has 0 aliphatic carbocycles. The van der Waals surface area contributed by atoms with Crippen LogP contribution in [-0.2, 0) is 6.42 Å². The van der Waals surface area contributed by atoms with Crippen LogP contribution >= 0.6 is 31.9 Å². The third kappa shape index (κ3) is 2.82. The summed E-state index contributed by atoms with van der Waals surface area (Å²) in [5, 5.41) is 9.88. The van der Waals surface area contributed by atoms with Gasteiger partial charge in [0.15, 0.2) is 0 Å². The zero-order chi connectivity index (χ0) is 9.68. The van der Waals surface area contributed by atoms with Crippen molar-refractivity contribution in [3.8, 4) is 6.07 Å². The van der Waals surface area contributed by atoms with Gasteiger partial charge in [0.25, 0.3) is 0 Å². The minimum Gasteiger partial charge on any atom is -0.192 e. The molecule has 1 rings (SSSR count). The molecule has 0 spiro atoms. The fourth-order valence-corrected chi connectivity index (χ4v) is 1.94. The van der Waals surface area contributed by atoms with Gasteiger partial charge < -0.3 is 0 Å². The van der Waals surface area contributed by atoms with Crippen LogP contribution in [0.2, 0.25) is 0 Å². The highest BCUT2D eigenvalue weighted by atomic mass is 79.9. The predicted molar refractivity (Wildman–Crippen MR) is 61.0 cm³/mol. The molecule has 13 heavy (non-hydrogen) atoms. The van der Waals surface area contributed by atoms with Gasteiger partial charge in [0.1, 0.15) is 6.07 Å². The second-order valence-electron chi connectivity index (χ2n) is 2.68. The van der Waals surface area contributed by atoms with Crippen LogP contribution in [0.3, 0.4) is 0 Å². The topological polar surface area (TPSA) is 23.8 Å². The van der Waals surface area contributed by atoms with E-state index in [0.717, 1.165) is 33.8 Å². The Morgan fingerprint density at radius 3 is 2.77 bits per heavy atom. The molecule has 0 heterocycles. The Hall–Kier alpha value is -0.330. The van der Waals surface area contributed by atoms with E-state index < -0.39 is 0 Å². The average molecular weight is 303 g/mol. The third-order valence-electron chi connectivity index (χ3n) is 1.79. The molecule has 0 saturated carbocycles. The van der Waals surface area contributed by atoms with Gasteiger partial charge in [0.2, 0.25) is 0 Å². The van der Waals surface area contributed by atoms with Crippen molar-refractivity contribution in [2.45, 2.75) is 12.8 Å². The van der Waals surface area contributed by atoms with Gasteiger partial charge in [-0.1, -0.05) is 28.1 Å². The first-order chi connectivity index (χ1) is 6.29. The van der Waals surface area contributed by atoms with Crippen LogP contribution < -0.4 is 0 Å². The van der Waals surface area contributed by atoms with Gasteiger partial charge in [-0.05, 0) is 40.4 Å². The molecule has 0 aliphatic heterocycles. The van der Waals surface area contributed by atoms with Gasteiger partial charge >= 0.3 is 0 Å². The number of alkyl halides is 1. The van der Waals surface area contributed by atoms with Crippen LogP contribution in [0, 0.1) is 11.3 Å². The molecule has 0 atom stereocenters. The third-order valence-corrected chi connectivity index (χ3v) is 3.01. The first kappa shape index (κ1) is 10.7. The van der Waals surface area contributed by atoms with Gasteiger partial charge in [0, 0.05) is 9.80 Å². The maximum Gasteiger partial charge on any atom is 0.101 e.